The van der Waals surface area contributed by atoms with Gasteiger partial charge < -0.3 is 14.7 Å². The molecular formula is C14H14F3NO4. The fourth-order valence-electron chi connectivity index (χ4n) is 2.34. The van der Waals surface area contributed by atoms with Crippen LogP contribution in [0.5, 0.6) is 0 Å². The molecular weight excluding hydrogens is 303 g/mol. The van der Waals surface area contributed by atoms with Gasteiger partial charge in [-0.05, 0) is 11.1 Å². The molecule has 22 heavy (non-hydrogen) atoms. The standard InChI is InChI=1S/C14H14F3NO4/c15-14(16,17)8-22-7-12(19)18-6-10-4-2-1-3-9(10)5-11(18)13(20)21/h1-4,11H,5-8H2,(H,20,21)/t11-/m1/s1. The number of aliphatic carboxylic acids is 1. The Morgan fingerprint density at radius 2 is 1.91 bits per heavy atom. The van der Waals surface area contributed by atoms with Crippen molar-refractivity contribution in [3.8, 4) is 0 Å². The maximum atomic E-state index is 12.0. The first kappa shape index (κ1) is 16.3. The molecule has 1 amide bonds. The molecule has 0 fully saturated rings. The lowest BCUT2D eigenvalue weighted by atomic mass is 9.94. The molecule has 0 bridgehead atoms. The Balaban J connectivity index is 2.07. The zero-order valence-electron chi connectivity index (χ0n) is 11.5. The van der Waals surface area contributed by atoms with Crippen LogP contribution in [0, 0.1) is 0 Å². The first-order valence-electron chi connectivity index (χ1n) is 6.51. The number of amides is 1. The number of ether oxygens (including phenoxy) is 1. The van der Waals surface area contributed by atoms with Crippen LogP contribution < -0.4 is 0 Å². The summed E-state index contributed by atoms with van der Waals surface area (Å²) >= 11 is 0. The number of carbonyl (C=O) groups is 2. The highest BCUT2D eigenvalue weighted by Gasteiger charge is 2.35. The van der Waals surface area contributed by atoms with E-state index in [1.807, 2.05) is 0 Å². The summed E-state index contributed by atoms with van der Waals surface area (Å²) < 4.78 is 40.3. The average molecular weight is 317 g/mol. The van der Waals surface area contributed by atoms with Crippen LogP contribution in [-0.4, -0.2) is 47.3 Å². The van der Waals surface area contributed by atoms with Crippen LogP contribution in [0.2, 0.25) is 0 Å². The summed E-state index contributed by atoms with van der Waals surface area (Å²) in [5, 5.41) is 9.22. The van der Waals surface area contributed by atoms with E-state index < -0.39 is 37.3 Å². The molecule has 5 nitrogen and oxygen atoms in total. The summed E-state index contributed by atoms with van der Waals surface area (Å²) in [6.07, 6.45) is -4.41. The first-order chi connectivity index (χ1) is 10.3. The minimum atomic E-state index is -4.53. The molecule has 2 rings (SSSR count). The van der Waals surface area contributed by atoms with Gasteiger partial charge >= 0.3 is 12.1 Å². The van der Waals surface area contributed by atoms with E-state index in [0.717, 1.165) is 16.0 Å². The van der Waals surface area contributed by atoms with Crippen molar-refractivity contribution in [3.05, 3.63) is 35.4 Å². The van der Waals surface area contributed by atoms with Gasteiger partial charge in [-0.25, -0.2) is 4.79 Å². The van der Waals surface area contributed by atoms with Gasteiger partial charge in [0.05, 0.1) is 0 Å². The molecule has 0 aliphatic carbocycles. The maximum Gasteiger partial charge on any atom is 0.411 e. The lowest BCUT2D eigenvalue weighted by molar-refractivity contribution is -0.179. The fraction of sp³-hybridized carbons (Fsp3) is 0.429. The molecule has 1 aliphatic heterocycles. The SMILES string of the molecule is O=C(O)[C@H]1Cc2ccccc2CN1C(=O)COCC(F)(F)F. The Kier molecular flexibility index (Phi) is 4.70. The number of carboxylic acid groups (broad SMARTS) is 1. The van der Waals surface area contributed by atoms with Gasteiger partial charge in [-0.2, -0.15) is 13.2 Å². The smallest absolute Gasteiger partial charge is 0.411 e. The third kappa shape index (κ3) is 3.97. The van der Waals surface area contributed by atoms with Gasteiger partial charge in [0.2, 0.25) is 5.91 Å². The zero-order chi connectivity index (χ0) is 16.3. The van der Waals surface area contributed by atoms with Gasteiger partial charge in [0.1, 0.15) is 19.3 Å². The van der Waals surface area contributed by atoms with Crippen LogP contribution in [0.3, 0.4) is 0 Å². The van der Waals surface area contributed by atoms with Crippen molar-refractivity contribution in [3.63, 3.8) is 0 Å². The molecule has 1 heterocycles. The third-order valence-corrected chi connectivity index (χ3v) is 3.35. The highest BCUT2D eigenvalue weighted by Crippen LogP contribution is 2.24. The van der Waals surface area contributed by atoms with Gasteiger partial charge in [0, 0.05) is 13.0 Å². The monoisotopic (exact) mass is 317 g/mol. The van der Waals surface area contributed by atoms with Crippen LogP contribution in [0.25, 0.3) is 0 Å². The maximum absolute atomic E-state index is 12.0. The van der Waals surface area contributed by atoms with Crippen LogP contribution in [0.4, 0.5) is 13.2 Å². The summed E-state index contributed by atoms with van der Waals surface area (Å²) in [7, 11) is 0. The number of benzene rings is 1. The number of carboxylic acids is 1. The van der Waals surface area contributed by atoms with Gasteiger partial charge in [0.15, 0.2) is 0 Å². The molecule has 0 radical (unpaired) electrons. The Labute approximate surface area is 124 Å². The van der Waals surface area contributed by atoms with E-state index in [2.05, 4.69) is 4.74 Å². The molecule has 0 saturated heterocycles. The molecule has 1 aromatic carbocycles. The molecule has 1 aliphatic rings. The number of halogens is 3. The van der Waals surface area contributed by atoms with Gasteiger partial charge in [-0.3, -0.25) is 4.79 Å². The molecule has 1 N–H and O–H groups in total. The zero-order valence-corrected chi connectivity index (χ0v) is 11.5. The minimum absolute atomic E-state index is 0.0430. The van der Waals surface area contributed by atoms with E-state index >= 15 is 0 Å². The van der Waals surface area contributed by atoms with Crippen molar-refractivity contribution in [2.75, 3.05) is 13.2 Å². The number of nitrogens with zero attached hydrogens (tertiary/aromatic N) is 1. The summed E-state index contributed by atoms with van der Waals surface area (Å²) in [5.74, 6) is -1.97. The van der Waals surface area contributed by atoms with E-state index in [9.17, 15) is 27.9 Å². The summed E-state index contributed by atoms with van der Waals surface area (Å²) in [6.45, 7) is -2.30. The van der Waals surface area contributed by atoms with E-state index in [0.29, 0.717) is 0 Å². The molecule has 8 heteroatoms. The fourth-order valence-corrected chi connectivity index (χ4v) is 2.34. The van der Waals surface area contributed by atoms with Crippen molar-refractivity contribution in [2.45, 2.75) is 25.2 Å². The Bertz CT molecular complexity index is 573. The highest BCUT2D eigenvalue weighted by atomic mass is 19.4. The largest absolute Gasteiger partial charge is 0.480 e. The summed E-state index contributed by atoms with van der Waals surface area (Å²) in [5.41, 5.74) is 1.60. The number of hydrogen-bond donors (Lipinski definition) is 1. The van der Waals surface area contributed by atoms with E-state index in [1.54, 1.807) is 24.3 Å². The molecule has 1 aromatic rings. The Hall–Kier alpha value is -2.09. The molecule has 1 atom stereocenters. The molecule has 0 aromatic heterocycles. The molecule has 0 unspecified atom stereocenters. The van der Waals surface area contributed by atoms with Gasteiger partial charge in [-0.15, -0.1) is 0 Å². The van der Waals surface area contributed by atoms with Crippen molar-refractivity contribution in [1.29, 1.82) is 0 Å². The van der Waals surface area contributed by atoms with Crippen molar-refractivity contribution in [1.82, 2.24) is 4.90 Å². The molecule has 0 saturated carbocycles. The highest BCUT2D eigenvalue weighted by molar-refractivity contribution is 5.85. The Morgan fingerprint density at radius 3 is 2.50 bits per heavy atom. The second-order valence-electron chi connectivity index (χ2n) is 4.96. The van der Waals surface area contributed by atoms with E-state index in [1.165, 1.54) is 0 Å². The summed E-state index contributed by atoms with van der Waals surface area (Å²) in [6, 6.07) is 5.94. The van der Waals surface area contributed by atoms with Gasteiger partial charge in [-0.1, -0.05) is 24.3 Å². The quantitative estimate of drug-likeness (QED) is 0.916. The number of alkyl halides is 3. The lowest BCUT2D eigenvalue weighted by Crippen LogP contribution is -2.50. The number of fused-ring (bicyclic) bond motifs is 1. The van der Waals surface area contributed by atoms with Crippen molar-refractivity contribution < 1.29 is 32.6 Å². The Morgan fingerprint density at radius 1 is 1.27 bits per heavy atom. The number of carbonyl (C=O) groups excluding carboxylic acids is 1. The van der Waals surface area contributed by atoms with E-state index in [-0.39, 0.29) is 13.0 Å². The van der Waals surface area contributed by atoms with E-state index in [4.69, 9.17) is 0 Å². The molecule has 120 valence electrons. The lowest BCUT2D eigenvalue weighted by Gasteiger charge is -2.34. The first-order valence-corrected chi connectivity index (χ1v) is 6.51. The third-order valence-electron chi connectivity index (χ3n) is 3.35. The van der Waals surface area contributed by atoms with Crippen molar-refractivity contribution in [2.24, 2.45) is 0 Å². The number of rotatable bonds is 4. The second-order valence-corrected chi connectivity index (χ2v) is 4.96. The predicted octanol–water partition coefficient (Wildman–Crippen LogP) is 1.60. The second kappa shape index (κ2) is 6.35. The molecule has 0 spiro atoms. The normalized spacial score (nSPS) is 18.0. The topological polar surface area (TPSA) is 66.8 Å². The predicted molar refractivity (Wildman–Crippen MR) is 69.0 cm³/mol. The van der Waals surface area contributed by atoms with Crippen LogP contribution >= 0.6 is 0 Å². The average Bonchev–Trinajstić information content (AvgIpc) is 2.44. The number of hydrogen-bond acceptors (Lipinski definition) is 3. The summed E-state index contributed by atoms with van der Waals surface area (Å²) in [4.78, 5) is 24.3. The van der Waals surface area contributed by atoms with Crippen LogP contribution in [0.15, 0.2) is 24.3 Å². The minimum Gasteiger partial charge on any atom is -0.480 e. The van der Waals surface area contributed by atoms with Crippen LogP contribution in [-0.2, 0) is 27.3 Å². The van der Waals surface area contributed by atoms with Gasteiger partial charge in [0.25, 0.3) is 0 Å². The van der Waals surface area contributed by atoms with Crippen LogP contribution in [0.1, 0.15) is 11.1 Å². The van der Waals surface area contributed by atoms with Crippen molar-refractivity contribution >= 4 is 11.9 Å².